The van der Waals surface area contributed by atoms with Gasteiger partial charge in [-0.15, -0.1) is 0 Å². The molecule has 0 radical (unpaired) electrons. The number of H-pyrrole nitrogens is 1. The molecule has 0 amide bonds. The van der Waals surface area contributed by atoms with Crippen molar-refractivity contribution in [2.75, 3.05) is 18.5 Å². The van der Waals surface area contributed by atoms with Crippen molar-refractivity contribution in [1.82, 2.24) is 20.3 Å². The molecule has 1 saturated heterocycles. The van der Waals surface area contributed by atoms with E-state index in [0.717, 1.165) is 47.2 Å². The van der Waals surface area contributed by atoms with Crippen LogP contribution in [0.5, 0.6) is 5.75 Å². The van der Waals surface area contributed by atoms with Crippen molar-refractivity contribution in [2.45, 2.75) is 59.4 Å². The third-order valence-electron chi connectivity index (χ3n) is 6.92. The normalized spacial score (nSPS) is 15.6. The van der Waals surface area contributed by atoms with Gasteiger partial charge in [0.1, 0.15) is 17.4 Å². The minimum Gasteiger partial charge on any atom is -0.492 e. The van der Waals surface area contributed by atoms with Gasteiger partial charge in [0.25, 0.3) is 5.56 Å². The summed E-state index contributed by atoms with van der Waals surface area (Å²) >= 11 is 6.66. The van der Waals surface area contributed by atoms with E-state index in [9.17, 15) is 4.79 Å². The molecule has 2 aromatic carbocycles. The number of hydrogen-bond donors (Lipinski definition) is 3. The third-order valence-corrected chi connectivity index (χ3v) is 7.23. The van der Waals surface area contributed by atoms with Crippen molar-refractivity contribution >= 4 is 34.0 Å². The monoisotopic (exact) mass is 531 g/mol. The first-order chi connectivity index (χ1) is 18.3. The molecule has 0 unspecified atom stereocenters. The number of pyridine rings is 1. The Morgan fingerprint density at radius 2 is 1.82 bits per heavy atom. The zero-order valence-corrected chi connectivity index (χ0v) is 23.1. The first kappa shape index (κ1) is 26.2. The van der Waals surface area contributed by atoms with E-state index < -0.39 is 0 Å². The molecule has 0 bridgehead atoms. The zero-order chi connectivity index (χ0) is 26.8. The van der Waals surface area contributed by atoms with Crippen LogP contribution in [0.1, 0.15) is 48.3 Å². The molecular weight excluding hydrogens is 498 g/mol. The van der Waals surface area contributed by atoms with Gasteiger partial charge in [0, 0.05) is 23.2 Å². The second kappa shape index (κ2) is 11.1. The first-order valence-electron chi connectivity index (χ1n) is 13.2. The van der Waals surface area contributed by atoms with Crippen LogP contribution in [0.3, 0.4) is 0 Å². The molecule has 4 aromatic rings. The van der Waals surface area contributed by atoms with Crippen molar-refractivity contribution in [3.8, 4) is 16.9 Å². The second-order valence-electron chi connectivity index (χ2n) is 10.3. The maximum Gasteiger partial charge on any atom is 0.260 e. The van der Waals surface area contributed by atoms with Crippen molar-refractivity contribution < 1.29 is 4.74 Å². The number of aromatic nitrogens is 3. The molecule has 0 saturated carbocycles. The fourth-order valence-electron chi connectivity index (χ4n) is 5.31. The van der Waals surface area contributed by atoms with Gasteiger partial charge in [-0.1, -0.05) is 47.3 Å². The average molecular weight is 532 g/mol. The van der Waals surface area contributed by atoms with Crippen LogP contribution < -0.4 is 20.9 Å². The minimum atomic E-state index is -0.202. The van der Waals surface area contributed by atoms with E-state index in [2.05, 4.69) is 31.7 Å². The van der Waals surface area contributed by atoms with Crippen molar-refractivity contribution in [3.63, 3.8) is 0 Å². The predicted molar refractivity (Wildman–Crippen MR) is 155 cm³/mol. The first-order valence-corrected chi connectivity index (χ1v) is 13.6. The molecule has 1 aliphatic heterocycles. The third kappa shape index (κ3) is 5.84. The van der Waals surface area contributed by atoms with Crippen molar-refractivity contribution in [1.29, 1.82) is 0 Å². The van der Waals surface area contributed by atoms with Crippen LogP contribution >= 0.6 is 11.6 Å². The van der Waals surface area contributed by atoms with Crippen LogP contribution in [0.25, 0.3) is 22.0 Å². The summed E-state index contributed by atoms with van der Waals surface area (Å²) in [6.45, 7) is 9.40. The smallest absolute Gasteiger partial charge is 0.260 e. The summed E-state index contributed by atoms with van der Waals surface area (Å²) in [5.41, 5.74) is 5.50. The Morgan fingerprint density at radius 3 is 2.53 bits per heavy atom. The van der Waals surface area contributed by atoms with E-state index in [-0.39, 0.29) is 5.56 Å². The highest BCUT2D eigenvalue weighted by Crippen LogP contribution is 2.38. The number of halogens is 1. The number of benzene rings is 2. The predicted octanol–water partition coefficient (Wildman–Crippen LogP) is 6.53. The molecule has 198 valence electrons. The van der Waals surface area contributed by atoms with Gasteiger partial charge in [-0.3, -0.25) is 4.79 Å². The van der Waals surface area contributed by atoms with Crippen molar-refractivity contribution in [3.05, 3.63) is 74.4 Å². The summed E-state index contributed by atoms with van der Waals surface area (Å²) in [7, 11) is 0. The highest BCUT2D eigenvalue weighted by Gasteiger charge is 2.20. The second-order valence-corrected chi connectivity index (χ2v) is 10.7. The number of rotatable bonds is 7. The number of nitrogens with one attached hydrogen (secondary N) is 3. The van der Waals surface area contributed by atoms with Gasteiger partial charge in [-0.05, 0) is 71.2 Å². The van der Waals surface area contributed by atoms with Gasteiger partial charge in [0.2, 0.25) is 0 Å². The highest BCUT2D eigenvalue weighted by molar-refractivity contribution is 6.34. The molecule has 7 nitrogen and oxygen atoms in total. The van der Waals surface area contributed by atoms with E-state index in [1.807, 2.05) is 52.0 Å². The van der Waals surface area contributed by atoms with Crippen LogP contribution in [0.15, 0.2) is 41.2 Å². The summed E-state index contributed by atoms with van der Waals surface area (Å²) < 4.78 is 6.49. The molecule has 38 heavy (non-hydrogen) atoms. The molecule has 2 aromatic heterocycles. The summed E-state index contributed by atoms with van der Waals surface area (Å²) in [6.07, 6.45) is 4.47. The summed E-state index contributed by atoms with van der Waals surface area (Å²) in [6, 6.07) is 12.2. The largest absolute Gasteiger partial charge is 0.492 e. The topological polar surface area (TPSA) is 91.9 Å². The van der Waals surface area contributed by atoms with Crippen LogP contribution in [0.2, 0.25) is 5.02 Å². The lowest BCUT2D eigenvalue weighted by molar-refractivity contribution is 0.271. The van der Waals surface area contributed by atoms with E-state index in [1.54, 1.807) is 6.07 Å². The fraction of sp³-hybridized carbons (Fsp3) is 0.367. The molecule has 0 aliphatic carbocycles. The van der Waals surface area contributed by atoms with E-state index in [4.69, 9.17) is 16.3 Å². The number of aryl methyl sites for hydroxylation is 4. The molecule has 1 fully saturated rings. The number of nitrogens with zero attached hydrogens (tertiary/aromatic N) is 2. The quantitative estimate of drug-likeness (QED) is 0.251. The number of anilines is 2. The zero-order valence-electron chi connectivity index (χ0n) is 22.4. The summed E-state index contributed by atoms with van der Waals surface area (Å²) in [4.78, 5) is 25.4. The number of aromatic amines is 1. The van der Waals surface area contributed by atoms with Gasteiger partial charge in [0.15, 0.2) is 0 Å². The molecule has 3 heterocycles. The minimum absolute atomic E-state index is 0.202. The lowest BCUT2D eigenvalue weighted by atomic mass is 9.99. The number of fused-ring (bicyclic) bond motifs is 1. The standard InChI is InChI=1S/C30H34ClN5O2/c1-17-11-18(2)13-21(12-17)28-29(38-10-8-22-7-5-6-9-32-22)23-15-26(24(31)16-25(23)36-30(28)37)35-27-14-19(3)33-20(4)34-27/h11-16,22,32H,5-10H2,1-4H3,(H,36,37)(H,33,34,35)/t22-/m0/s1. The summed E-state index contributed by atoms with van der Waals surface area (Å²) in [5.74, 6) is 1.89. The van der Waals surface area contributed by atoms with Crippen LogP contribution in [0, 0.1) is 27.7 Å². The van der Waals surface area contributed by atoms with Crippen LogP contribution in [-0.2, 0) is 0 Å². The van der Waals surface area contributed by atoms with E-state index in [1.165, 1.54) is 12.8 Å². The van der Waals surface area contributed by atoms with Gasteiger partial charge in [-0.2, -0.15) is 0 Å². The lowest BCUT2D eigenvalue weighted by Crippen LogP contribution is -2.35. The van der Waals surface area contributed by atoms with Gasteiger partial charge < -0.3 is 20.4 Å². The Hall–Kier alpha value is -3.42. The molecule has 3 N–H and O–H groups in total. The Bertz CT molecular complexity index is 1500. The SMILES string of the molecule is Cc1cc(C)cc(-c2c(OCC[C@@H]3CCCCN3)c3cc(Nc4cc(C)nc(C)n4)c(Cl)cc3[nH]c2=O)c1. The molecule has 1 atom stereocenters. The van der Waals surface area contributed by atoms with E-state index in [0.29, 0.717) is 51.8 Å². The fourth-order valence-corrected chi connectivity index (χ4v) is 5.52. The molecule has 8 heteroatoms. The molecule has 5 rings (SSSR count). The Kier molecular flexibility index (Phi) is 7.68. The summed E-state index contributed by atoms with van der Waals surface area (Å²) in [5, 5.41) is 8.17. The molecule has 0 spiro atoms. The Balaban J connectivity index is 1.61. The number of hydrogen-bond acceptors (Lipinski definition) is 6. The number of piperidine rings is 1. The Morgan fingerprint density at radius 1 is 1.03 bits per heavy atom. The lowest BCUT2D eigenvalue weighted by Gasteiger charge is -2.24. The van der Waals surface area contributed by atoms with Crippen molar-refractivity contribution in [2.24, 2.45) is 0 Å². The highest BCUT2D eigenvalue weighted by atomic mass is 35.5. The van der Waals surface area contributed by atoms with Crippen LogP contribution in [0.4, 0.5) is 11.5 Å². The molecular formula is C30H34ClN5O2. The van der Waals surface area contributed by atoms with Gasteiger partial charge in [-0.25, -0.2) is 9.97 Å². The van der Waals surface area contributed by atoms with Gasteiger partial charge in [0.05, 0.1) is 28.4 Å². The number of ether oxygens (including phenoxy) is 1. The van der Waals surface area contributed by atoms with Gasteiger partial charge >= 0.3 is 0 Å². The maximum absolute atomic E-state index is 13.5. The molecule has 1 aliphatic rings. The van der Waals surface area contributed by atoms with E-state index >= 15 is 0 Å². The Labute approximate surface area is 228 Å². The maximum atomic E-state index is 13.5. The van der Waals surface area contributed by atoms with Crippen LogP contribution in [-0.4, -0.2) is 34.1 Å². The average Bonchev–Trinajstić information content (AvgIpc) is 2.84.